The maximum Gasteiger partial charge on any atom is 0.239 e. The summed E-state index contributed by atoms with van der Waals surface area (Å²) >= 11 is 1.70. The maximum atomic E-state index is 11.9. The van der Waals surface area contributed by atoms with E-state index in [0.717, 1.165) is 19.4 Å². The van der Waals surface area contributed by atoms with E-state index in [9.17, 15) is 4.79 Å². The average molecular weight is 436 g/mol. The highest BCUT2D eigenvalue weighted by Crippen LogP contribution is 2.17. The zero-order chi connectivity index (χ0) is 14.9. The van der Waals surface area contributed by atoms with Crippen molar-refractivity contribution in [1.29, 1.82) is 0 Å². The topological polar surface area (TPSA) is 65.5 Å². The third kappa shape index (κ3) is 6.95. The molecule has 0 spiro atoms. The number of hydrogen-bond acceptors (Lipinski definition) is 3. The van der Waals surface area contributed by atoms with Crippen molar-refractivity contribution in [3.05, 3.63) is 22.4 Å². The number of carbonyl (C=O) groups is 1. The Balaban J connectivity index is 0.00000242. The van der Waals surface area contributed by atoms with E-state index in [4.69, 9.17) is 0 Å². The van der Waals surface area contributed by atoms with E-state index in [-0.39, 0.29) is 36.4 Å². The number of nitrogens with zero attached hydrogens (tertiary/aromatic N) is 1. The van der Waals surface area contributed by atoms with Crippen molar-refractivity contribution < 1.29 is 4.79 Å². The SMILES string of the molecule is CN=C(NCC(=O)NC1CCCCC1)NCc1cccs1.I. The lowest BCUT2D eigenvalue weighted by Gasteiger charge is -2.23. The predicted octanol–water partition coefficient (Wildman–Crippen LogP) is 2.48. The summed E-state index contributed by atoms with van der Waals surface area (Å²) in [5.41, 5.74) is 0. The van der Waals surface area contributed by atoms with Crippen LogP contribution in [0.15, 0.2) is 22.5 Å². The molecule has 0 aliphatic heterocycles. The van der Waals surface area contributed by atoms with E-state index in [1.54, 1.807) is 18.4 Å². The molecule has 5 nitrogen and oxygen atoms in total. The molecule has 0 atom stereocenters. The number of guanidine groups is 1. The Morgan fingerprint density at radius 1 is 1.32 bits per heavy atom. The van der Waals surface area contributed by atoms with Crippen LogP contribution < -0.4 is 16.0 Å². The van der Waals surface area contributed by atoms with Crippen LogP contribution in [0.2, 0.25) is 0 Å². The minimum absolute atomic E-state index is 0. The standard InChI is InChI=1S/C15H24N4OS.HI/c1-16-15(17-10-13-8-5-9-21-13)18-11-14(20)19-12-6-3-2-4-7-12;/h5,8-9,12H,2-4,6-7,10-11H2,1H3,(H,19,20)(H2,16,17,18);1H. The van der Waals surface area contributed by atoms with Crippen LogP contribution in [0.3, 0.4) is 0 Å². The van der Waals surface area contributed by atoms with Crippen molar-refractivity contribution in [2.75, 3.05) is 13.6 Å². The number of thiophene rings is 1. The normalized spacial score (nSPS) is 15.8. The van der Waals surface area contributed by atoms with E-state index >= 15 is 0 Å². The Morgan fingerprint density at radius 2 is 2.09 bits per heavy atom. The molecule has 0 saturated heterocycles. The highest BCUT2D eigenvalue weighted by atomic mass is 127. The highest BCUT2D eigenvalue weighted by Gasteiger charge is 2.15. The molecule has 0 bridgehead atoms. The zero-order valence-electron chi connectivity index (χ0n) is 12.9. The summed E-state index contributed by atoms with van der Waals surface area (Å²) in [6.45, 7) is 0.988. The summed E-state index contributed by atoms with van der Waals surface area (Å²) < 4.78 is 0. The van der Waals surface area contributed by atoms with Crippen molar-refractivity contribution in [3.8, 4) is 0 Å². The zero-order valence-corrected chi connectivity index (χ0v) is 16.1. The lowest BCUT2D eigenvalue weighted by molar-refractivity contribution is -0.120. The molecule has 1 aromatic rings. The first kappa shape index (κ1) is 19.2. The predicted molar refractivity (Wildman–Crippen MR) is 103 cm³/mol. The second-order valence-corrected chi connectivity index (χ2v) is 6.29. The van der Waals surface area contributed by atoms with Crippen molar-refractivity contribution >= 4 is 47.2 Å². The van der Waals surface area contributed by atoms with E-state index < -0.39 is 0 Å². The Morgan fingerprint density at radius 3 is 2.73 bits per heavy atom. The third-order valence-corrected chi connectivity index (χ3v) is 4.50. The molecule has 1 aromatic heterocycles. The van der Waals surface area contributed by atoms with Gasteiger partial charge < -0.3 is 16.0 Å². The van der Waals surface area contributed by atoms with Crippen LogP contribution in [0, 0.1) is 0 Å². The smallest absolute Gasteiger partial charge is 0.239 e. The second-order valence-electron chi connectivity index (χ2n) is 5.26. The fraction of sp³-hybridized carbons (Fsp3) is 0.600. The summed E-state index contributed by atoms with van der Waals surface area (Å²) in [6.07, 6.45) is 5.96. The number of rotatable bonds is 5. The summed E-state index contributed by atoms with van der Waals surface area (Å²) in [5, 5.41) is 11.4. The largest absolute Gasteiger partial charge is 0.352 e. The summed E-state index contributed by atoms with van der Waals surface area (Å²) in [7, 11) is 1.71. The van der Waals surface area contributed by atoms with Gasteiger partial charge >= 0.3 is 0 Å². The van der Waals surface area contributed by atoms with Gasteiger partial charge in [-0.25, -0.2) is 0 Å². The van der Waals surface area contributed by atoms with Crippen molar-refractivity contribution in [2.24, 2.45) is 4.99 Å². The van der Waals surface area contributed by atoms with Gasteiger partial charge in [-0.2, -0.15) is 0 Å². The lowest BCUT2D eigenvalue weighted by atomic mass is 9.95. The first-order chi connectivity index (χ1) is 10.3. The summed E-state index contributed by atoms with van der Waals surface area (Å²) in [4.78, 5) is 17.3. The van der Waals surface area contributed by atoms with E-state index in [1.807, 2.05) is 11.4 Å². The van der Waals surface area contributed by atoms with Crippen LogP contribution in [0.4, 0.5) is 0 Å². The molecule has 3 N–H and O–H groups in total. The van der Waals surface area contributed by atoms with Gasteiger partial charge in [0.15, 0.2) is 5.96 Å². The van der Waals surface area contributed by atoms with Gasteiger partial charge in [-0.05, 0) is 24.3 Å². The molecule has 0 radical (unpaired) electrons. The molecule has 22 heavy (non-hydrogen) atoms. The molecular formula is C15H25IN4OS. The van der Waals surface area contributed by atoms with Crippen LogP contribution >= 0.6 is 35.3 Å². The van der Waals surface area contributed by atoms with Gasteiger partial charge in [0.2, 0.25) is 5.91 Å². The second kappa shape index (κ2) is 10.8. The third-order valence-electron chi connectivity index (χ3n) is 3.62. The van der Waals surface area contributed by atoms with Gasteiger partial charge in [0.25, 0.3) is 0 Å². The molecule has 0 unspecified atom stereocenters. The highest BCUT2D eigenvalue weighted by molar-refractivity contribution is 14.0. The van der Waals surface area contributed by atoms with Crippen LogP contribution in [-0.4, -0.2) is 31.5 Å². The van der Waals surface area contributed by atoms with Crippen LogP contribution in [0.5, 0.6) is 0 Å². The van der Waals surface area contributed by atoms with Gasteiger partial charge in [-0.15, -0.1) is 35.3 Å². The van der Waals surface area contributed by atoms with Crippen molar-refractivity contribution in [3.63, 3.8) is 0 Å². The fourth-order valence-corrected chi connectivity index (χ4v) is 3.14. The minimum atomic E-state index is 0. The molecule has 1 aliphatic carbocycles. The van der Waals surface area contributed by atoms with Gasteiger partial charge in [-0.3, -0.25) is 9.79 Å². The molecule has 1 saturated carbocycles. The molecule has 7 heteroatoms. The van der Waals surface area contributed by atoms with E-state index in [0.29, 0.717) is 12.0 Å². The van der Waals surface area contributed by atoms with E-state index in [1.165, 1.54) is 24.1 Å². The molecule has 2 rings (SSSR count). The first-order valence-corrected chi connectivity index (χ1v) is 8.42. The summed E-state index contributed by atoms with van der Waals surface area (Å²) in [5.74, 6) is 0.697. The number of aliphatic imine (C=N–C) groups is 1. The quantitative estimate of drug-likeness (QED) is 0.378. The lowest BCUT2D eigenvalue weighted by Crippen LogP contribution is -2.45. The number of carbonyl (C=O) groups excluding carboxylic acids is 1. The monoisotopic (exact) mass is 436 g/mol. The van der Waals surface area contributed by atoms with Gasteiger partial charge in [0.1, 0.15) is 0 Å². The molecular weight excluding hydrogens is 411 g/mol. The molecule has 1 aliphatic rings. The number of hydrogen-bond donors (Lipinski definition) is 3. The Bertz CT molecular complexity index is 458. The van der Waals surface area contributed by atoms with Crippen molar-refractivity contribution in [2.45, 2.75) is 44.7 Å². The Hall–Kier alpha value is -0.830. The van der Waals surface area contributed by atoms with Gasteiger partial charge in [-0.1, -0.05) is 25.3 Å². The van der Waals surface area contributed by atoms with Crippen molar-refractivity contribution in [1.82, 2.24) is 16.0 Å². The Kier molecular flexibility index (Phi) is 9.45. The number of halogens is 1. The van der Waals surface area contributed by atoms with Crippen LogP contribution in [-0.2, 0) is 11.3 Å². The summed E-state index contributed by atoms with van der Waals surface area (Å²) in [6, 6.07) is 4.45. The molecule has 124 valence electrons. The van der Waals surface area contributed by atoms with E-state index in [2.05, 4.69) is 27.0 Å². The van der Waals surface area contributed by atoms with Gasteiger partial charge in [0.05, 0.1) is 13.1 Å². The Labute approximate surface area is 153 Å². The van der Waals surface area contributed by atoms with Crippen LogP contribution in [0.1, 0.15) is 37.0 Å². The maximum absolute atomic E-state index is 11.9. The molecule has 1 amide bonds. The number of amides is 1. The fourth-order valence-electron chi connectivity index (χ4n) is 2.49. The average Bonchev–Trinajstić information content (AvgIpc) is 3.02. The van der Waals surface area contributed by atoms with Gasteiger partial charge in [0, 0.05) is 18.0 Å². The minimum Gasteiger partial charge on any atom is -0.352 e. The molecule has 0 aromatic carbocycles. The first-order valence-electron chi connectivity index (χ1n) is 7.54. The molecule has 1 fully saturated rings. The number of nitrogens with one attached hydrogen (secondary N) is 3. The molecule has 1 heterocycles. The van der Waals surface area contributed by atoms with Crippen LogP contribution in [0.25, 0.3) is 0 Å².